The van der Waals surface area contributed by atoms with Crippen LogP contribution in [0.25, 0.3) is 98.8 Å². The van der Waals surface area contributed by atoms with E-state index in [0.717, 1.165) is 66.6 Å². The third kappa shape index (κ3) is 5.96. The molecule has 62 heavy (non-hydrogen) atoms. The van der Waals surface area contributed by atoms with E-state index in [2.05, 4.69) is 241 Å². The zero-order valence-electron chi connectivity index (χ0n) is 33.9. The van der Waals surface area contributed by atoms with Crippen LogP contribution in [0.2, 0.25) is 0 Å². The summed E-state index contributed by atoms with van der Waals surface area (Å²) in [7, 11) is 0. The molecule has 0 saturated heterocycles. The van der Waals surface area contributed by atoms with E-state index in [-0.39, 0.29) is 0 Å². The minimum atomic E-state index is 0.901. The lowest BCUT2D eigenvalue weighted by molar-refractivity contribution is 0.674. The third-order valence-corrected chi connectivity index (χ3v) is 12.5. The highest BCUT2D eigenvalue weighted by Gasteiger charge is 2.23. The number of benzene rings is 11. The average Bonchev–Trinajstić information content (AvgIpc) is 3.77. The van der Waals surface area contributed by atoms with Crippen LogP contribution in [0.4, 0.5) is 17.1 Å². The molecule has 11 aromatic carbocycles. The van der Waals surface area contributed by atoms with Gasteiger partial charge in [0.2, 0.25) is 0 Å². The zero-order chi connectivity index (χ0) is 41.0. The molecule has 0 aliphatic rings. The lowest BCUT2D eigenvalue weighted by Gasteiger charge is -2.26. The largest absolute Gasteiger partial charge is 0.455 e. The van der Waals surface area contributed by atoms with Gasteiger partial charge in [-0.25, -0.2) is 0 Å². The first-order chi connectivity index (χ1) is 30.8. The van der Waals surface area contributed by atoms with Crippen molar-refractivity contribution in [3.05, 3.63) is 237 Å². The van der Waals surface area contributed by atoms with Crippen LogP contribution in [-0.2, 0) is 0 Å². The summed E-state index contributed by atoms with van der Waals surface area (Å²) in [5.41, 5.74) is 14.4. The fraction of sp³-hybridized carbons (Fsp3) is 0. The lowest BCUT2D eigenvalue weighted by atomic mass is 9.90. The predicted octanol–water partition coefficient (Wildman–Crippen LogP) is 17.2. The number of hydrogen-bond acceptors (Lipinski definition) is 2. The molecule has 1 aromatic heterocycles. The Hall–Kier alpha value is -8.20. The van der Waals surface area contributed by atoms with Crippen molar-refractivity contribution in [2.24, 2.45) is 0 Å². The Kier molecular flexibility index (Phi) is 8.53. The van der Waals surface area contributed by atoms with E-state index in [4.69, 9.17) is 4.42 Å². The van der Waals surface area contributed by atoms with Crippen molar-refractivity contribution in [3.63, 3.8) is 0 Å². The minimum absolute atomic E-state index is 0.901. The molecule has 0 saturated carbocycles. The van der Waals surface area contributed by atoms with Gasteiger partial charge in [-0.3, -0.25) is 0 Å². The Bertz CT molecular complexity index is 3500. The quantitative estimate of drug-likeness (QED) is 0.150. The Balaban J connectivity index is 1.05. The van der Waals surface area contributed by atoms with Crippen LogP contribution < -0.4 is 4.90 Å². The summed E-state index contributed by atoms with van der Waals surface area (Å²) in [5.74, 6) is 0. The van der Waals surface area contributed by atoms with Gasteiger partial charge in [0.05, 0.1) is 0 Å². The van der Waals surface area contributed by atoms with Gasteiger partial charge in [0, 0.05) is 38.8 Å². The second kappa shape index (κ2) is 14.8. The van der Waals surface area contributed by atoms with E-state index in [1.807, 2.05) is 0 Å². The Morgan fingerprint density at radius 1 is 0.242 bits per heavy atom. The molecule has 290 valence electrons. The van der Waals surface area contributed by atoms with Crippen LogP contribution in [0.1, 0.15) is 0 Å². The molecule has 0 radical (unpaired) electrons. The van der Waals surface area contributed by atoms with Crippen LogP contribution >= 0.6 is 0 Å². The molecule has 0 bridgehead atoms. The topological polar surface area (TPSA) is 16.4 Å². The van der Waals surface area contributed by atoms with Crippen LogP contribution in [-0.4, -0.2) is 0 Å². The molecule has 0 aliphatic heterocycles. The predicted molar refractivity (Wildman–Crippen MR) is 263 cm³/mol. The van der Waals surface area contributed by atoms with Crippen molar-refractivity contribution in [1.29, 1.82) is 0 Å². The Morgan fingerprint density at radius 3 is 1.27 bits per heavy atom. The highest BCUT2D eigenvalue weighted by atomic mass is 16.3. The van der Waals surface area contributed by atoms with Crippen LogP contribution in [0.3, 0.4) is 0 Å². The Morgan fingerprint density at radius 2 is 0.677 bits per heavy atom. The summed E-state index contributed by atoms with van der Waals surface area (Å²) in [6.45, 7) is 0. The van der Waals surface area contributed by atoms with Crippen LogP contribution in [0.15, 0.2) is 241 Å². The van der Waals surface area contributed by atoms with E-state index in [1.54, 1.807) is 0 Å². The SMILES string of the molecule is c1ccc(-c2ccc(N(c3ccc(-c4ccccc4)cc3)c3ccc(-c4ccc(-c5cccc6ccccc56)c5oc6c7ccccc7c7ccccc7c6c45)cc3)cc2)cc1. The Labute approximate surface area is 360 Å². The van der Waals surface area contributed by atoms with Gasteiger partial charge < -0.3 is 9.32 Å². The van der Waals surface area contributed by atoms with Crippen molar-refractivity contribution in [2.75, 3.05) is 4.90 Å². The smallest absolute Gasteiger partial charge is 0.143 e. The fourth-order valence-electron chi connectivity index (χ4n) is 9.52. The molecule has 0 aliphatic carbocycles. The summed E-state index contributed by atoms with van der Waals surface area (Å²) in [5, 5.41) is 9.42. The molecule has 2 heteroatoms. The molecule has 12 rings (SSSR count). The summed E-state index contributed by atoms with van der Waals surface area (Å²) in [4.78, 5) is 2.35. The minimum Gasteiger partial charge on any atom is -0.455 e. The number of nitrogens with zero attached hydrogens (tertiary/aromatic N) is 1. The molecular formula is C60H39NO. The number of fused-ring (bicyclic) bond motifs is 9. The van der Waals surface area contributed by atoms with E-state index >= 15 is 0 Å². The highest BCUT2D eigenvalue weighted by Crippen LogP contribution is 2.48. The second-order valence-electron chi connectivity index (χ2n) is 16.0. The number of hydrogen-bond donors (Lipinski definition) is 0. The molecular weight excluding hydrogens is 751 g/mol. The summed E-state index contributed by atoms with van der Waals surface area (Å²) in [6.07, 6.45) is 0. The van der Waals surface area contributed by atoms with E-state index in [9.17, 15) is 0 Å². The number of anilines is 3. The van der Waals surface area contributed by atoms with Gasteiger partial charge in [0.1, 0.15) is 11.2 Å². The van der Waals surface area contributed by atoms with Gasteiger partial charge in [-0.15, -0.1) is 0 Å². The van der Waals surface area contributed by atoms with E-state index in [1.165, 1.54) is 49.2 Å². The van der Waals surface area contributed by atoms with E-state index < -0.39 is 0 Å². The number of furan rings is 1. The maximum Gasteiger partial charge on any atom is 0.143 e. The van der Waals surface area contributed by atoms with Crippen LogP contribution in [0, 0.1) is 0 Å². The molecule has 0 atom stereocenters. The summed E-state index contributed by atoms with van der Waals surface area (Å²) < 4.78 is 7.22. The molecule has 2 nitrogen and oxygen atoms in total. The lowest BCUT2D eigenvalue weighted by Crippen LogP contribution is -2.09. The molecule has 0 unspecified atom stereocenters. The first kappa shape index (κ1) is 35.7. The van der Waals surface area contributed by atoms with Crippen molar-refractivity contribution in [3.8, 4) is 44.5 Å². The van der Waals surface area contributed by atoms with Gasteiger partial charge in [0.15, 0.2) is 0 Å². The molecule has 0 N–H and O–H groups in total. The van der Waals surface area contributed by atoms with Gasteiger partial charge in [0.25, 0.3) is 0 Å². The number of rotatable bonds is 7. The fourth-order valence-corrected chi connectivity index (χ4v) is 9.52. The maximum absolute atomic E-state index is 7.22. The maximum atomic E-state index is 7.22. The van der Waals surface area contributed by atoms with Gasteiger partial charge in [-0.05, 0) is 108 Å². The normalized spacial score (nSPS) is 11.5. The highest BCUT2D eigenvalue weighted by molar-refractivity contribution is 6.33. The molecule has 0 spiro atoms. The molecule has 12 aromatic rings. The molecule has 1 heterocycles. The molecule has 0 fully saturated rings. The standard InChI is InChI=1S/C60H39NO/c1-3-14-40(15-4-1)42-26-32-46(33-27-42)61(47-34-28-43(29-35-47)41-16-5-2-6-17-41)48-36-30-45(31-37-48)50-38-39-56(51-25-13-19-44-18-7-8-20-49(44)51)60-57(50)58-54-23-11-9-21-52(54)53-22-10-12-24-55(53)59(58)62-60/h1-39H. The first-order valence-corrected chi connectivity index (χ1v) is 21.3. The van der Waals surface area contributed by atoms with Crippen molar-refractivity contribution >= 4 is 71.3 Å². The average molecular weight is 790 g/mol. The second-order valence-corrected chi connectivity index (χ2v) is 16.0. The monoisotopic (exact) mass is 789 g/mol. The first-order valence-electron chi connectivity index (χ1n) is 21.3. The van der Waals surface area contributed by atoms with Gasteiger partial charge in [-0.1, -0.05) is 194 Å². The van der Waals surface area contributed by atoms with Crippen molar-refractivity contribution < 1.29 is 4.42 Å². The van der Waals surface area contributed by atoms with Crippen molar-refractivity contribution in [2.45, 2.75) is 0 Å². The summed E-state index contributed by atoms with van der Waals surface area (Å²) in [6, 6.07) is 85.1. The van der Waals surface area contributed by atoms with Crippen LogP contribution in [0.5, 0.6) is 0 Å². The van der Waals surface area contributed by atoms with E-state index in [0.29, 0.717) is 0 Å². The molecule has 0 amide bonds. The summed E-state index contributed by atoms with van der Waals surface area (Å²) >= 11 is 0. The zero-order valence-corrected chi connectivity index (χ0v) is 33.9. The van der Waals surface area contributed by atoms with Gasteiger partial charge in [-0.2, -0.15) is 0 Å². The van der Waals surface area contributed by atoms with Gasteiger partial charge >= 0.3 is 0 Å². The van der Waals surface area contributed by atoms with Crippen molar-refractivity contribution in [1.82, 2.24) is 0 Å². The third-order valence-electron chi connectivity index (χ3n) is 12.5.